The molecule has 5 N–H and O–H groups in total. The predicted molar refractivity (Wildman–Crippen MR) is 20.0 cm³/mol. The summed E-state index contributed by atoms with van der Waals surface area (Å²) in [4.78, 5) is 0. The topological polar surface area (TPSA) is 83.2 Å². The fraction of sp³-hybridized carbons (Fsp3) is 0. The molecule has 0 aliphatic rings. The minimum absolute atomic E-state index is 0. The average molecular weight is 110 g/mol. The summed E-state index contributed by atoms with van der Waals surface area (Å²) in [5.41, 5.74) is 0. The van der Waals surface area contributed by atoms with E-state index in [1.807, 2.05) is 0 Å². The van der Waals surface area contributed by atoms with Gasteiger partial charge in [-0.2, -0.15) is 0 Å². The summed E-state index contributed by atoms with van der Waals surface area (Å²) in [6.07, 6.45) is 0. The standard InChI is InChI=1S/Na.H2OS.2H2O.H/c;1-2;;;/h;1-2H;2*1H2;/q+1;;;;-1. The van der Waals surface area contributed by atoms with Crippen LogP contribution in [0.2, 0.25) is 0 Å². The van der Waals surface area contributed by atoms with Gasteiger partial charge in [-0.05, 0) is 12.9 Å². The van der Waals surface area contributed by atoms with Gasteiger partial charge in [0.05, 0.1) is 0 Å². The fourth-order valence-electron chi connectivity index (χ4n) is 0. The Morgan fingerprint density at radius 3 is 1.20 bits per heavy atom. The maximum atomic E-state index is 6.69. The van der Waals surface area contributed by atoms with Crippen molar-refractivity contribution in [2.45, 2.75) is 0 Å². The van der Waals surface area contributed by atoms with Crippen molar-refractivity contribution < 1.29 is 46.5 Å². The molecule has 0 aromatic rings. The maximum absolute atomic E-state index is 6.69. The second kappa shape index (κ2) is 61.9. The van der Waals surface area contributed by atoms with E-state index in [1.54, 1.807) is 0 Å². The van der Waals surface area contributed by atoms with Gasteiger partial charge in [-0.3, -0.25) is 0 Å². The van der Waals surface area contributed by atoms with Crippen LogP contribution in [0.3, 0.4) is 0 Å². The van der Waals surface area contributed by atoms with Crippen molar-refractivity contribution in [3.05, 3.63) is 0 Å². The van der Waals surface area contributed by atoms with Crippen LogP contribution in [0.5, 0.6) is 0 Å². The first kappa shape index (κ1) is 34.3. The van der Waals surface area contributed by atoms with Crippen molar-refractivity contribution in [1.82, 2.24) is 0 Å². The smallest absolute Gasteiger partial charge is 1.00 e. The van der Waals surface area contributed by atoms with Crippen LogP contribution in [-0.2, 0) is 0 Å². The molecule has 0 saturated heterocycles. The summed E-state index contributed by atoms with van der Waals surface area (Å²) in [5.74, 6) is 0. The summed E-state index contributed by atoms with van der Waals surface area (Å²) in [6.45, 7) is 0. The molecule has 0 saturated carbocycles. The molecule has 0 heterocycles. The van der Waals surface area contributed by atoms with Crippen molar-refractivity contribution >= 4 is 12.9 Å². The summed E-state index contributed by atoms with van der Waals surface area (Å²) < 4.78 is 6.69. The predicted octanol–water partition coefficient (Wildman–Crippen LogP) is -4.14. The Balaban J connectivity index is -0.000000000833. The van der Waals surface area contributed by atoms with E-state index < -0.39 is 0 Å². The van der Waals surface area contributed by atoms with Gasteiger partial charge in [-0.1, -0.05) is 0 Å². The Morgan fingerprint density at radius 1 is 1.20 bits per heavy atom. The zero-order valence-electron chi connectivity index (χ0n) is 3.89. The summed E-state index contributed by atoms with van der Waals surface area (Å²) in [5, 5.41) is 0. The molecule has 0 fully saturated rings. The molecule has 5 heavy (non-hydrogen) atoms. The Kier molecular flexibility index (Phi) is 424. The maximum Gasteiger partial charge on any atom is 1.00 e. The quantitative estimate of drug-likeness (QED) is 0.185. The van der Waals surface area contributed by atoms with Crippen molar-refractivity contribution in [1.29, 1.82) is 0 Å². The molecule has 0 amide bonds. The molecule has 0 bridgehead atoms. The second-order valence-corrected chi connectivity index (χ2v) is 0. The third kappa shape index (κ3) is 36.1. The molecule has 3 nitrogen and oxygen atoms in total. The summed E-state index contributed by atoms with van der Waals surface area (Å²) >= 11 is 2.53. The summed E-state index contributed by atoms with van der Waals surface area (Å²) in [7, 11) is 0. The molecule has 0 aliphatic carbocycles. The average Bonchev–Trinajstić information content (AvgIpc) is 1.00. The van der Waals surface area contributed by atoms with Crippen LogP contribution in [0.4, 0.5) is 0 Å². The Labute approximate surface area is 59.4 Å². The van der Waals surface area contributed by atoms with E-state index in [0.717, 1.165) is 0 Å². The van der Waals surface area contributed by atoms with Gasteiger partial charge in [-0.15, -0.1) is 0 Å². The monoisotopic (exact) mass is 110 g/mol. The minimum Gasteiger partial charge on any atom is -1.00 e. The van der Waals surface area contributed by atoms with Crippen molar-refractivity contribution in [2.24, 2.45) is 0 Å². The van der Waals surface area contributed by atoms with Crippen molar-refractivity contribution in [3.63, 3.8) is 0 Å². The molecule has 32 valence electrons. The largest absolute Gasteiger partial charge is 1.00 e. The molecule has 0 spiro atoms. The Morgan fingerprint density at radius 2 is 1.20 bits per heavy atom. The number of hydrogen-bond donors (Lipinski definition) is 2. The minimum atomic E-state index is 0. The molecule has 0 atom stereocenters. The van der Waals surface area contributed by atoms with Crippen LogP contribution >= 0.6 is 12.9 Å². The Bertz CT molecular complexity index is 10.8. The van der Waals surface area contributed by atoms with Crippen molar-refractivity contribution in [3.8, 4) is 0 Å². The van der Waals surface area contributed by atoms with Gasteiger partial charge in [0.25, 0.3) is 0 Å². The first-order valence-corrected chi connectivity index (χ1v) is 0.600. The first-order chi connectivity index (χ1) is 1.00. The van der Waals surface area contributed by atoms with Crippen LogP contribution in [-0.4, -0.2) is 15.5 Å². The van der Waals surface area contributed by atoms with Crippen LogP contribution < -0.4 is 29.6 Å². The van der Waals surface area contributed by atoms with E-state index in [-0.39, 0.29) is 41.9 Å². The second-order valence-electron chi connectivity index (χ2n) is 0. The summed E-state index contributed by atoms with van der Waals surface area (Å²) in [6, 6.07) is 0. The zero-order valence-corrected chi connectivity index (χ0v) is 5.79. The van der Waals surface area contributed by atoms with Crippen LogP contribution in [0.1, 0.15) is 1.43 Å². The molecule has 0 aromatic carbocycles. The third-order valence-electron chi connectivity index (χ3n) is 0. The van der Waals surface area contributed by atoms with Gasteiger partial charge in [0.2, 0.25) is 0 Å². The molecular formula is H7NaO3S. The van der Waals surface area contributed by atoms with Gasteiger partial charge >= 0.3 is 29.6 Å². The molecule has 5 heteroatoms. The van der Waals surface area contributed by atoms with E-state index in [4.69, 9.17) is 4.55 Å². The van der Waals surface area contributed by atoms with Crippen LogP contribution in [0.25, 0.3) is 0 Å². The zero-order chi connectivity index (χ0) is 2.00. The normalized spacial score (nSPS) is 1.20. The van der Waals surface area contributed by atoms with Gasteiger partial charge in [-0.25, -0.2) is 0 Å². The molecule has 0 aliphatic heterocycles. The number of thiol groups is 1. The van der Waals surface area contributed by atoms with E-state index in [0.29, 0.717) is 0 Å². The molecule has 0 aromatic heterocycles. The third-order valence-corrected chi connectivity index (χ3v) is 0. The van der Waals surface area contributed by atoms with Crippen molar-refractivity contribution in [2.75, 3.05) is 0 Å². The van der Waals surface area contributed by atoms with Gasteiger partial charge in [0.1, 0.15) is 0 Å². The first-order valence-electron chi connectivity index (χ1n) is 0.200. The van der Waals surface area contributed by atoms with Crippen LogP contribution in [0, 0.1) is 0 Å². The van der Waals surface area contributed by atoms with Gasteiger partial charge in [0.15, 0.2) is 0 Å². The Hall–Kier alpha value is 1.23. The molecule has 0 radical (unpaired) electrons. The molecule has 0 rings (SSSR count). The van der Waals surface area contributed by atoms with E-state index >= 15 is 0 Å². The van der Waals surface area contributed by atoms with E-state index in [2.05, 4.69) is 12.9 Å². The number of hydrogen-bond acceptors (Lipinski definition) is 2. The van der Waals surface area contributed by atoms with Crippen LogP contribution in [0.15, 0.2) is 0 Å². The van der Waals surface area contributed by atoms with E-state index in [9.17, 15) is 0 Å². The SMILES string of the molecule is O.O.OS.[H-].[Na+]. The van der Waals surface area contributed by atoms with Gasteiger partial charge < -0.3 is 16.9 Å². The molecular weight excluding hydrogens is 103 g/mol. The number of rotatable bonds is 0. The van der Waals surface area contributed by atoms with Gasteiger partial charge in [0, 0.05) is 0 Å². The van der Waals surface area contributed by atoms with E-state index in [1.165, 1.54) is 0 Å². The fourth-order valence-corrected chi connectivity index (χ4v) is 0. The molecule has 0 unspecified atom stereocenters.